The first kappa shape index (κ1) is 14.8. The van der Waals surface area contributed by atoms with Gasteiger partial charge in [-0.3, -0.25) is 0 Å². The minimum Gasteiger partial charge on any atom is -0.308 e. The number of halogens is 3. The molecule has 1 fully saturated rings. The average Bonchev–Trinajstić information content (AvgIpc) is 2.84. The molecule has 1 aromatic rings. The average molecular weight is 292 g/mol. The molecule has 0 aromatic carbocycles. The first-order chi connectivity index (χ1) is 8.99. The molecule has 0 atom stereocenters. The molecule has 0 bridgehead atoms. The van der Waals surface area contributed by atoms with Crippen molar-refractivity contribution in [1.82, 2.24) is 10.3 Å². The minimum absolute atomic E-state index is 0.201. The summed E-state index contributed by atoms with van der Waals surface area (Å²) in [5.74, 6) is -1.10. The smallest absolute Gasteiger partial charge is 0.308 e. The highest BCUT2D eigenvalue weighted by Gasteiger charge is 2.41. The highest BCUT2D eigenvalue weighted by molar-refractivity contribution is 7.11. The van der Waals surface area contributed by atoms with Gasteiger partial charge in [-0.15, -0.1) is 11.3 Å². The molecule has 1 saturated carbocycles. The summed E-state index contributed by atoms with van der Waals surface area (Å²) in [6.07, 6.45) is 0.553. The van der Waals surface area contributed by atoms with E-state index in [1.165, 1.54) is 4.88 Å². The van der Waals surface area contributed by atoms with Gasteiger partial charge in [0.1, 0.15) is 5.01 Å². The third-order valence-corrected chi connectivity index (χ3v) is 4.82. The SMILES string of the molecule is CCc1cnc(CNC2CCC(C(F)(F)F)CC2)s1. The third-order valence-electron chi connectivity index (χ3n) is 3.68. The zero-order valence-corrected chi connectivity index (χ0v) is 11.8. The molecule has 2 nitrogen and oxygen atoms in total. The van der Waals surface area contributed by atoms with Crippen LogP contribution in [0.1, 0.15) is 42.5 Å². The fourth-order valence-corrected chi connectivity index (χ4v) is 3.26. The Morgan fingerprint density at radius 2 is 2.00 bits per heavy atom. The van der Waals surface area contributed by atoms with E-state index in [4.69, 9.17) is 0 Å². The second-order valence-electron chi connectivity index (χ2n) is 5.04. The van der Waals surface area contributed by atoms with Crippen molar-refractivity contribution in [3.8, 4) is 0 Å². The molecule has 0 amide bonds. The van der Waals surface area contributed by atoms with E-state index in [-0.39, 0.29) is 18.9 Å². The van der Waals surface area contributed by atoms with Crippen molar-refractivity contribution in [2.24, 2.45) is 5.92 Å². The summed E-state index contributed by atoms with van der Waals surface area (Å²) in [7, 11) is 0. The van der Waals surface area contributed by atoms with Gasteiger partial charge in [-0.25, -0.2) is 4.98 Å². The van der Waals surface area contributed by atoms with Gasteiger partial charge < -0.3 is 5.32 Å². The normalized spacial score (nSPS) is 24.6. The molecule has 6 heteroatoms. The first-order valence-corrected chi connectivity index (χ1v) is 7.54. The summed E-state index contributed by atoms with van der Waals surface area (Å²) in [6, 6.07) is 0.201. The lowest BCUT2D eigenvalue weighted by atomic mass is 9.85. The lowest BCUT2D eigenvalue weighted by Crippen LogP contribution is -2.36. The van der Waals surface area contributed by atoms with Gasteiger partial charge in [-0.05, 0) is 32.1 Å². The molecular weight excluding hydrogens is 273 g/mol. The van der Waals surface area contributed by atoms with Gasteiger partial charge in [0.2, 0.25) is 0 Å². The van der Waals surface area contributed by atoms with E-state index in [0.717, 1.165) is 11.4 Å². The van der Waals surface area contributed by atoms with E-state index in [1.807, 2.05) is 6.20 Å². The van der Waals surface area contributed by atoms with Crippen LogP contribution in [0.2, 0.25) is 0 Å². The molecule has 1 aromatic heterocycles. The Morgan fingerprint density at radius 3 is 2.53 bits per heavy atom. The monoisotopic (exact) mass is 292 g/mol. The molecule has 1 N–H and O–H groups in total. The maximum absolute atomic E-state index is 12.5. The summed E-state index contributed by atoms with van der Waals surface area (Å²) >= 11 is 1.67. The summed E-state index contributed by atoms with van der Waals surface area (Å²) < 4.78 is 37.6. The van der Waals surface area contributed by atoms with E-state index < -0.39 is 12.1 Å². The van der Waals surface area contributed by atoms with Gasteiger partial charge in [0.15, 0.2) is 0 Å². The number of aromatic nitrogens is 1. The Labute approximate surface area is 115 Å². The van der Waals surface area contributed by atoms with Crippen LogP contribution in [0.25, 0.3) is 0 Å². The molecule has 0 radical (unpaired) electrons. The van der Waals surface area contributed by atoms with Crippen molar-refractivity contribution in [3.05, 3.63) is 16.1 Å². The van der Waals surface area contributed by atoms with Crippen molar-refractivity contribution in [2.45, 2.75) is 57.8 Å². The largest absolute Gasteiger partial charge is 0.391 e. The van der Waals surface area contributed by atoms with Crippen molar-refractivity contribution in [2.75, 3.05) is 0 Å². The predicted octanol–water partition coefficient (Wildman–Crippen LogP) is 3.92. The molecule has 1 aliphatic carbocycles. The van der Waals surface area contributed by atoms with Crippen LogP contribution in [0.15, 0.2) is 6.20 Å². The van der Waals surface area contributed by atoms with Gasteiger partial charge in [-0.2, -0.15) is 13.2 Å². The van der Waals surface area contributed by atoms with Crippen molar-refractivity contribution in [3.63, 3.8) is 0 Å². The molecule has 1 aliphatic rings. The number of rotatable bonds is 4. The topological polar surface area (TPSA) is 24.9 Å². The molecule has 108 valence electrons. The summed E-state index contributed by atoms with van der Waals surface area (Å²) in [5, 5.41) is 4.35. The van der Waals surface area contributed by atoms with Gasteiger partial charge in [0.05, 0.1) is 5.92 Å². The van der Waals surface area contributed by atoms with Gasteiger partial charge in [0, 0.05) is 23.7 Å². The highest BCUT2D eigenvalue weighted by atomic mass is 32.1. The van der Waals surface area contributed by atoms with Gasteiger partial charge in [0.25, 0.3) is 0 Å². The Kier molecular flexibility index (Phi) is 4.84. The van der Waals surface area contributed by atoms with E-state index in [0.29, 0.717) is 19.4 Å². The van der Waals surface area contributed by atoms with Crippen LogP contribution in [0.4, 0.5) is 13.2 Å². The van der Waals surface area contributed by atoms with E-state index in [9.17, 15) is 13.2 Å². The quantitative estimate of drug-likeness (QED) is 0.910. The predicted molar refractivity (Wildman–Crippen MR) is 70.1 cm³/mol. The Morgan fingerprint density at radius 1 is 1.32 bits per heavy atom. The number of thiazole rings is 1. The molecule has 0 spiro atoms. The molecule has 0 unspecified atom stereocenters. The molecule has 2 rings (SSSR count). The summed E-state index contributed by atoms with van der Waals surface area (Å²) in [4.78, 5) is 5.55. The number of nitrogens with zero attached hydrogens (tertiary/aromatic N) is 1. The van der Waals surface area contributed by atoms with Crippen LogP contribution < -0.4 is 5.32 Å². The van der Waals surface area contributed by atoms with Crippen LogP contribution in [-0.2, 0) is 13.0 Å². The number of nitrogens with one attached hydrogen (secondary N) is 1. The fraction of sp³-hybridized carbons (Fsp3) is 0.769. The third kappa shape index (κ3) is 4.18. The molecule has 19 heavy (non-hydrogen) atoms. The Balaban J connectivity index is 1.74. The Hall–Kier alpha value is -0.620. The fourth-order valence-electron chi connectivity index (χ4n) is 2.45. The molecule has 0 saturated heterocycles. The zero-order valence-electron chi connectivity index (χ0n) is 11.0. The van der Waals surface area contributed by atoms with E-state index >= 15 is 0 Å². The van der Waals surface area contributed by atoms with Gasteiger partial charge >= 0.3 is 6.18 Å². The maximum Gasteiger partial charge on any atom is 0.391 e. The van der Waals surface area contributed by atoms with Crippen LogP contribution in [0.3, 0.4) is 0 Å². The number of hydrogen-bond donors (Lipinski definition) is 1. The maximum atomic E-state index is 12.5. The number of aryl methyl sites for hydroxylation is 1. The summed E-state index contributed by atoms with van der Waals surface area (Å²) in [6.45, 7) is 2.76. The van der Waals surface area contributed by atoms with E-state index in [2.05, 4.69) is 17.2 Å². The van der Waals surface area contributed by atoms with Crippen molar-refractivity contribution in [1.29, 1.82) is 0 Å². The summed E-state index contributed by atoms with van der Waals surface area (Å²) in [5.41, 5.74) is 0. The lowest BCUT2D eigenvalue weighted by Gasteiger charge is -2.30. The number of alkyl halides is 3. The molecular formula is C13H19F3N2S. The molecule has 1 heterocycles. The zero-order chi connectivity index (χ0) is 13.9. The lowest BCUT2D eigenvalue weighted by molar-refractivity contribution is -0.182. The van der Waals surface area contributed by atoms with Gasteiger partial charge in [-0.1, -0.05) is 6.92 Å². The first-order valence-electron chi connectivity index (χ1n) is 6.72. The van der Waals surface area contributed by atoms with Crippen molar-refractivity contribution < 1.29 is 13.2 Å². The second kappa shape index (κ2) is 6.22. The van der Waals surface area contributed by atoms with E-state index in [1.54, 1.807) is 11.3 Å². The van der Waals surface area contributed by atoms with Crippen LogP contribution in [-0.4, -0.2) is 17.2 Å². The highest BCUT2D eigenvalue weighted by Crippen LogP contribution is 2.37. The van der Waals surface area contributed by atoms with Crippen LogP contribution in [0, 0.1) is 5.92 Å². The number of hydrogen-bond acceptors (Lipinski definition) is 3. The van der Waals surface area contributed by atoms with Crippen LogP contribution >= 0.6 is 11.3 Å². The Bertz CT molecular complexity index is 395. The minimum atomic E-state index is -4.02. The standard InChI is InChI=1S/C13H19F3N2S/c1-2-11-7-18-12(19-11)8-17-10-5-3-9(4-6-10)13(14,15)16/h7,9-10,17H,2-6,8H2,1H3. The second-order valence-corrected chi connectivity index (χ2v) is 6.24. The molecule has 0 aliphatic heterocycles. The van der Waals surface area contributed by atoms with Crippen LogP contribution in [0.5, 0.6) is 0 Å². The van der Waals surface area contributed by atoms with Crippen molar-refractivity contribution >= 4 is 11.3 Å².